The molecule has 0 atom stereocenters. The van der Waals surface area contributed by atoms with Crippen LogP contribution in [0.25, 0.3) is 0 Å². The van der Waals surface area contributed by atoms with Crippen molar-refractivity contribution in [3.05, 3.63) is 23.8 Å². The maximum absolute atomic E-state index is 13.6. The second-order valence-electron chi connectivity index (χ2n) is 10.1. The number of likely N-dealkylation sites (tertiary alicyclic amines) is 1. The highest BCUT2D eigenvalue weighted by molar-refractivity contribution is 6.02. The lowest BCUT2D eigenvalue weighted by Crippen LogP contribution is -2.53. The number of carbonyl (C=O) groups is 3. The van der Waals surface area contributed by atoms with Crippen molar-refractivity contribution in [3.8, 4) is 0 Å². The minimum Gasteiger partial charge on any atom is -0.367 e. The summed E-state index contributed by atoms with van der Waals surface area (Å²) in [6.07, 6.45) is 7.32. The highest BCUT2D eigenvalue weighted by atomic mass is 16.2. The molecule has 0 radical (unpaired) electrons. The Morgan fingerprint density at radius 3 is 2.18 bits per heavy atom. The van der Waals surface area contributed by atoms with Gasteiger partial charge in [0.25, 0.3) is 5.91 Å². The van der Waals surface area contributed by atoms with E-state index >= 15 is 0 Å². The van der Waals surface area contributed by atoms with Gasteiger partial charge >= 0.3 is 6.03 Å². The first-order valence-electron chi connectivity index (χ1n) is 13.0. The molecule has 0 unspecified atom stereocenters. The number of anilines is 2. The monoisotopic (exact) mass is 469 g/mol. The van der Waals surface area contributed by atoms with Gasteiger partial charge in [-0.2, -0.15) is 0 Å². The molecule has 1 aromatic carbocycles. The molecule has 2 heterocycles. The maximum atomic E-state index is 13.6. The van der Waals surface area contributed by atoms with E-state index in [0.717, 1.165) is 63.7 Å². The summed E-state index contributed by atoms with van der Waals surface area (Å²) < 4.78 is 0. The number of piperazine rings is 1. The van der Waals surface area contributed by atoms with Crippen molar-refractivity contribution in [3.63, 3.8) is 0 Å². The Morgan fingerprint density at radius 2 is 1.53 bits per heavy atom. The predicted octanol–water partition coefficient (Wildman–Crippen LogP) is 3.68. The zero-order valence-corrected chi connectivity index (χ0v) is 20.6. The maximum Gasteiger partial charge on any atom is 0.317 e. The van der Waals surface area contributed by atoms with Crippen LogP contribution in [-0.2, 0) is 4.79 Å². The summed E-state index contributed by atoms with van der Waals surface area (Å²) in [4.78, 5) is 44.6. The molecule has 0 aromatic heterocycles. The third-order valence-corrected chi connectivity index (χ3v) is 7.18. The fourth-order valence-electron chi connectivity index (χ4n) is 5.25. The average Bonchev–Trinajstić information content (AvgIpc) is 3.39. The zero-order valence-electron chi connectivity index (χ0n) is 20.6. The molecule has 2 N–H and O–H groups in total. The van der Waals surface area contributed by atoms with Gasteiger partial charge in [0.15, 0.2) is 0 Å². The van der Waals surface area contributed by atoms with Crippen molar-refractivity contribution < 1.29 is 14.4 Å². The van der Waals surface area contributed by atoms with Crippen molar-refractivity contribution in [2.24, 2.45) is 5.92 Å². The van der Waals surface area contributed by atoms with Gasteiger partial charge in [-0.15, -0.1) is 0 Å². The van der Waals surface area contributed by atoms with Crippen LogP contribution in [-0.4, -0.2) is 73.0 Å². The quantitative estimate of drug-likeness (QED) is 0.689. The van der Waals surface area contributed by atoms with Crippen LogP contribution in [0.15, 0.2) is 18.2 Å². The molecule has 1 saturated carbocycles. The van der Waals surface area contributed by atoms with Crippen molar-refractivity contribution in [2.75, 3.05) is 49.5 Å². The van der Waals surface area contributed by atoms with E-state index in [9.17, 15) is 14.4 Å². The molecule has 34 heavy (non-hydrogen) atoms. The molecule has 3 aliphatic rings. The third-order valence-electron chi connectivity index (χ3n) is 7.18. The molecule has 4 rings (SSSR count). The lowest BCUT2D eigenvalue weighted by molar-refractivity contribution is -0.119. The summed E-state index contributed by atoms with van der Waals surface area (Å²) in [5.74, 6) is 0.170. The SMILES string of the molecule is CC(C)NC(=O)N1CCN(c2ccc(NC(=O)C3CCCC3)cc2C(=O)N2CCCCC2)CC1. The molecule has 3 fully saturated rings. The first-order valence-corrected chi connectivity index (χ1v) is 13.0. The summed E-state index contributed by atoms with van der Waals surface area (Å²) >= 11 is 0. The number of carbonyl (C=O) groups excluding carboxylic acids is 3. The van der Waals surface area contributed by atoms with Crippen LogP contribution in [0.4, 0.5) is 16.2 Å². The van der Waals surface area contributed by atoms with Crippen LogP contribution >= 0.6 is 0 Å². The van der Waals surface area contributed by atoms with Crippen molar-refractivity contribution in [2.45, 2.75) is 64.8 Å². The van der Waals surface area contributed by atoms with E-state index in [1.165, 1.54) is 0 Å². The van der Waals surface area contributed by atoms with E-state index in [1.807, 2.05) is 41.8 Å². The molecule has 8 nitrogen and oxygen atoms in total. The summed E-state index contributed by atoms with van der Waals surface area (Å²) in [5.41, 5.74) is 2.22. The highest BCUT2D eigenvalue weighted by Crippen LogP contribution is 2.30. The smallest absolute Gasteiger partial charge is 0.317 e. The minimum atomic E-state index is -0.0377. The molecule has 186 valence electrons. The normalized spacial score (nSPS) is 19.4. The van der Waals surface area contributed by atoms with Gasteiger partial charge < -0.3 is 25.3 Å². The van der Waals surface area contributed by atoms with E-state index in [-0.39, 0.29) is 29.8 Å². The second kappa shape index (κ2) is 11.1. The van der Waals surface area contributed by atoms with Gasteiger partial charge in [-0.25, -0.2) is 4.79 Å². The van der Waals surface area contributed by atoms with Crippen LogP contribution in [0.5, 0.6) is 0 Å². The highest BCUT2D eigenvalue weighted by Gasteiger charge is 2.28. The third kappa shape index (κ3) is 5.83. The summed E-state index contributed by atoms with van der Waals surface area (Å²) in [5, 5.41) is 6.02. The van der Waals surface area contributed by atoms with Crippen LogP contribution < -0.4 is 15.5 Å². The number of nitrogens with one attached hydrogen (secondary N) is 2. The van der Waals surface area contributed by atoms with E-state index in [4.69, 9.17) is 0 Å². The van der Waals surface area contributed by atoms with Crippen LogP contribution in [0.1, 0.15) is 69.2 Å². The standard InChI is InChI=1S/C26H39N5O3/c1-19(2)27-26(34)31-16-14-29(15-17-31)23-11-10-21(28-24(32)20-8-4-5-9-20)18-22(23)25(33)30-12-6-3-7-13-30/h10-11,18-20H,3-9,12-17H2,1-2H3,(H,27,34)(H,28,32). The van der Waals surface area contributed by atoms with E-state index < -0.39 is 0 Å². The Morgan fingerprint density at radius 1 is 0.853 bits per heavy atom. The van der Waals surface area contributed by atoms with E-state index in [2.05, 4.69) is 15.5 Å². The fraction of sp³-hybridized carbons (Fsp3) is 0.654. The number of hydrogen-bond donors (Lipinski definition) is 2. The van der Waals surface area contributed by atoms with Crippen molar-refractivity contribution in [1.29, 1.82) is 0 Å². The molecular weight excluding hydrogens is 430 g/mol. The molecule has 1 aromatic rings. The predicted molar refractivity (Wildman–Crippen MR) is 134 cm³/mol. The van der Waals surface area contributed by atoms with Crippen molar-refractivity contribution in [1.82, 2.24) is 15.1 Å². The Hall–Kier alpha value is -2.77. The topological polar surface area (TPSA) is 85.0 Å². The average molecular weight is 470 g/mol. The first-order chi connectivity index (χ1) is 16.4. The van der Waals surface area contributed by atoms with Gasteiger partial charge in [0.1, 0.15) is 0 Å². The Kier molecular flexibility index (Phi) is 7.95. The van der Waals surface area contributed by atoms with Crippen LogP contribution in [0, 0.1) is 5.92 Å². The number of piperidine rings is 1. The number of nitrogens with zero attached hydrogens (tertiary/aromatic N) is 3. The Bertz CT molecular complexity index is 882. The summed E-state index contributed by atoms with van der Waals surface area (Å²) in [6, 6.07) is 5.80. The lowest BCUT2D eigenvalue weighted by atomic mass is 10.0. The molecule has 0 bridgehead atoms. The van der Waals surface area contributed by atoms with E-state index in [0.29, 0.717) is 37.4 Å². The minimum absolute atomic E-state index is 0.0339. The van der Waals surface area contributed by atoms with Gasteiger partial charge in [0.05, 0.1) is 5.56 Å². The number of rotatable bonds is 5. The molecule has 2 aliphatic heterocycles. The lowest BCUT2D eigenvalue weighted by Gasteiger charge is -2.37. The van der Waals surface area contributed by atoms with E-state index in [1.54, 1.807) is 0 Å². The van der Waals surface area contributed by atoms with Crippen molar-refractivity contribution >= 4 is 29.2 Å². The Labute approximate surface area is 203 Å². The Balaban J connectivity index is 1.51. The number of urea groups is 1. The molecule has 0 spiro atoms. The van der Waals surface area contributed by atoms with Crippen LogP contribution in [0.3, 0.4) is 0 Å². The number of hydrogen-bond acceptors (Lipinski definition) is 4. The number of amides is 4. The zero-order chi connectivity index (χ0) is 24.1. The van der Waals surface area contributed by atoms with Gasteiger partial charge in [-0.3, -0.25) is 9.59 Å². The first kappa shape index (κ1) is 24.4. The molecule has 1 aliphatic carbocycles. The number of benzene rings is 1. The van der Waals surface area contributed by atoms with Gasteiger partial charge in [0.2, 0.25) is 5.91 Å². The second-order valence-corrected chi connectivity index (χ2v) is 10.1. The van der Waals surface area contributed by atoms with Gasteiger partial charge in [-0.1, -0.05) is 12.8 Å². The largest absolute Gasteiger partial charge is 0.367 e. The van der Waals surface area contributed by atoms with Gasteiger partial charge in [0, 0.05) is 62.6 Å². The molecular formula is C26H39N5O3. The molecule has 8 heteroatoms. The molecule has 2 saturated heterocycles. The van der Waals surface area contributed by atoms with Gasteiger partial charge in [-0.05, 0) is 64.2 Å². The molecule has 4 amide bonds. The summed E-state index contributed by atoms with van der Waals surface area (Å²) in [7, 11) is 0. The van der Waals surface area contributed by atoms with Crippen LogP contribution in [0.2, 0.25) is 0 Å². The summed E-state index contributed by atoms with van der Waals surface area (Å²) in [6.45, 7) is 8.02. The fourth-order valence-corrected chi connectivity index (χ4v) is 5.25.